The summed E-state index contributed by atoms with van der Waals surface area (Å²) in [6, 6.07) is 0.905. The maximum Gasteiger partial charge on any atom is 0.443 e. The number of ketones is 1. The molecule has 2 aromatic heterocycles. The summed E-state index contributed by atoms with van der Waals surface area (Å²) in [5.41, 5.74) is -0.118. The quantitative estimate of drug-likeness (QED) is 0.625. The van der Waals surface area contributed by atoms with Gasteiger partial charge in [0.15, 0.2) is 5.01 Å². The third kappa shape index (κ3) is 2.53. The van der Waals surface area contributed by atoms with Crippen LogP contribution in [0.2, 0.25) is 0 Å². The molecule has 0 N–H and O–H groups in total. The predicted octanol–water partition coefficient (Wildman–Crippen LogP) is 2.93. The molecule has 0 aliphatic heterocycles. The lowest BCUT2D eigenvalue weighted by Crippen LogP contribution is -2.03. The van der Waals surface area contributed by atoms with Crippen molar-refractivity contribution in [3.05, 3.63) is 45.9 Å². The Bertz CT molecular complexity index is 594. The second-order valence-corrected chi connectivity index (χ2v) is 4.28. The van der Waals surface area contributed by atoms with Crippen LogP contribution in [0.1, 0.15) is 20.2 Å². The highest BCUT2D eigenvalue weighted by Crippen LogP contribution is 2.33. The van der Waals surface area contributed by atoms with Gasteiger partial charge in [0.05, 0.1) is 11.1 Å². The van der Waals surface area contributed by atoms with Crippen LogP contribution in [0.4, 0.5) is 17.6 Å². The Kier molecular flexibility index (Phi) is 3.12. The number of halogens is 4. The van der Waals surface area contributed by atoms with Gasteiger partial charge in [0.1, 0.15) is 5.82 Å². The minimum Gasteiger partial charge on any atom is -0.288 e. The number of carbonyl (C=O) groups excluding carboxylic acids is 1. The van der Waals surface area contributed by atoms with E-state index in [2.05, 4.69) is 9.97 Å². The van der Waals surface area contributed by atoms with Gasteiger partial charge in [-0.25, -0.2) is 9.37 Å². The molecular weight excluding hydrogens is 272 g/mol. The first-order valence-corrected chi connectivity index (χ1v) is 5.38. The second kappa shape index (κ2) is 4.45. The molecule has 0 saturated heterocycles. The molecule has 0 aliphatic carbocycles. The Labute approximate surface area is 102 Å². The average molecular weight is 276 g/mol. The van der Waals surface area contributed by atoms with Crippen molar-refractivity contribution in [3.63, 3.8) is 0 Å². The number of rotatable bonds is 2. The zero-order valence-corrected chi connectivity index (χ0v) is 9.35. The molecule has 18 heavy (non-hydrogen) atoms. The largest absolute Gasteiger partial charge is 0.443 e. The first-order valence-electron chi connectivity index (χ1n) is 4.56. The number of nitrogens with zero attached hydrogens (tertiary/aromatic N) is 2. The van der Waals surface area contributed by atoms with E-state index in [-0.39, 0.29) is 21.8 Å². The molecule has 2 rings (SSSR count). The monoisotopic (exact) mass is 276 g/mol. The van der Waals surface area contributed by atoms with Crippen LogP contribution in [0.25, 0.3) is 0 Å². The van der Waals surface area contributed by atoms with Crippen LogP contribution >= 0.6 is 11.3 Å². The van der Waals surface area contributed by atoms with Gasteiger partial charge in [-0.15, -0.1) is 11.3 Å². The fourth-order valence-electron chi connectivity index (χ4n) is 1.19. The van der Waals surface area contributed by atoms with Crippen molar-refractivity contribution >= 4 is 17.1 Å². The zero-order chi connectivity index (χ0) is 13.3. The summed E-state index contributed by atoms with van der Waals surface area (Å²) in [6.07, 6.45) is -1.80. The SMILES string of the molecule is O=C(c1cncc(F)c1)c1cnc(C(F)(F)F)s1. The number of thiazole rings is 1. The van der Waals surface area contributed by atoms with E-state index in [1.54, 1.807) is 0 Å². The number of alkyl halides is 3. The van der Waals surface area contributed by atoms with E-state index < -0.39 is 22.8 Å². The van der Waals surface area contributed by atoms with Crippen LogP contribution in [-0.2, 0) is 6.18 Å². The van der Waals surface area contributed by atoms with Crippen molar-refractivity contribution in [2.45, 2.75) is 6.18 Å². The van der Waals surface area contributed by atoms with E-state index in [0.717, 1.165) is 24.7 Å². The van der Waals surface area contributed by atoms with Gasteiger partial charge in [-0.1, -0.05) is 0 Å². The van der Waals surface area contributed by atoms with E-state index in [1.165, 1.54) is 0 Å². The molecule has 0 saturated carbocycles. The molecule has 0 amide bonds. The topological polar surface area (TPSA) is 42.9 Å². The Morgan fingerprint density at radius 1 is 1.22 bits per heavy atom. The zero-order valence-electron chi connectivity index (χ0n) is 8.53. The molecule has 2 heterocycles. The van der Waals surface area contributed by atoms with E-state index in [0.29, 0.717) is 0 Å². The number of hydrogen-bond donors (Lipinski definition) is 0. The van der Waals surface area contributed by atoms with Crippen molar-refractivity contribution in [1.82, 2.24) is 9.97 Å². The average Bonchev–Trinajstić information content (AvgIpc) is 2.77. The summed E-state index contributed by atoms with van der Waals surface area (Å²) in [7, 11) is 0. The molecule has 0 bridgehead atoms. The third-order valence-electron chi connectivity index (χ3n) is 1.94. The fourth-order valence-corrected chi connectivity index (χ4v) is 1.93. The molecule has 0 fully saturated rings. The minimum absolute atomic E-state index is 0.118. The number of aromatic nitrogens is 2. The third-order valence-corrected chi connectivity index (χ3v) is 2.98. The van der Waals surface area contributed by atoms with Crippen molar-refractivity contribution in [1.29, 1.82) is 0 Å². The summed E-state index contributed by atoms with van der Waals surface area (Å²) in [4.78, 5) is 18.1. The van der Waals surface area contributed by atoms with Gasteiger partial charge in [0.25, 0.3) is 0 Å². The Hall–Kier alpha value is -1.83. The number of pyridine rings is 1. The van der Waals surface area contributed by atoms with E-state index >= 15 is 0 Å². The van der Waals surface area contributed by atoms with E-state index in [9.17, 15) is 22.4 Å². The molecular formula is C10H4F4N2OS. The molecule has 3 nitrogen and oxygen atoms in total. The lowest BCUT2D eigenvalue weighted by atomic mass is 10.2. The molecule has 0 aliphatic rings. The first kappa shape index (κ1) is 12.6. The Morgan fingerprint density at radius 3 is 2.50 bits per heavy atom. The molecule has 94 valence electrons. The number of carbonyl (C=O) groups is 1. The molecule has 0 unspecified atom stereocenters. The standard InChI is InChI=1S/C10H4F4N2OS/c11-6-1-5(2-15-3-6)8(17)7-4-16-9(18-7)10(12,13)14/h1-4H. The summed E-state index contributed by atoms with van der Waals surface area (Å²) in [6.45, 7) is 0. The van der Waals surface area contributed by atoms with Crippen LogP contribution in [0.3, 0.4) is 0 Å². The smallest absolute Gasteiger partial charge is 0.288 e. The minimum atomic E-state index is -4.59. The van der Waals surface area contributed by atoms with Gasteiger partial charge in [0.2, 0.25) is 5.78 Å². The molecule has 8 heteroatoms. The lowest BCUT2D eigenvalue weighted by Gasteiger charge is -1.99. The van der Waals surface area contributed by atoms with Gasteiger partial charge in [-0.3, -0.25) is 9.78 Å². The molecule has 0 radical (unpaired) electrons. The molecule has 0 aromatic carbocycles. The van der Waals surface area contributed by atoms with E-state index in [4.69, 9.17) is 0 Å². The summed E-state index contributed by atoms with van der Waals surface area (Å²) in [5.74, 6) is -1.48. The van der Waals surface area contributed by atoms with Crippen LogP contribution in [0.15, 0.2) is 24.7 Å². The predicted molar refractivity (Wildman–Crippen MR) is 54.7 cm³/mol. The highest BCUT2D eigenvalue weighted by molar-refractivity contribution is 7.13. The lowest BCUT2D eigenvalue weighted by molar-refractivity contribution is -0.137. The van der Waals surface area contributed by atoms with E-state index in [1.807, 2.05) is 0 Å². The second-order valence-electron chi connectivity index (χ2n) is 3.25. The van der Waals surface area contributed by atoms with Crippen molar-refractivity contribution in [3.8, 4) is 0 Å². The number of hydrogen-bond acceptors (Lipinski definition) is 4. The maximum atomic E-state index is 12.8. The first-order chi connectivity index (χ1) is 8.38. The van der Waals surface area contributed by atoms with Crippen LogP contribution in [0.5, 0.6) is 0 Å². The Morgan fingerprint density at radius 2 is 1.94 bits per heavy atom. The molecule has 0 atom stereocenters. The highest BCUT2D eigenvalue weighted by Gasteiger charge is 2.35. The van der Waals surface area contributed by atoms with Crippen molar-refractivity contribution in [2.24, 2.45) is 0 Å². The van der Waals surface area contributed by atoms with Crippen molar-refractivity contribution < 1.29 is 22.4 Å². The van der Waals surface area contributed by atoms with Gasteiger partial charge in [-0.05, 0) is 6.07 Å². The maximum absolute atomic E-state index is 12.8. The normalized spacial score (nSPS) is 11.6. The fraction of sp³-hybridized carbons (Fsp3) is 0.100. The highest BCUT2D eigenvalue weighted by atomic mass is 32.1. The summed E-state index contributed by atoms with van der Waals surface area (Å²) < 4.78 is 49.7. The summed E-state index contributed by atoms with van der Waals surface area (Å²) >= 11 is 0.213. The van der Waals surface area contributed by atoms with Crippen LogP contribution in [-0.4, -0.2) is 15.8 Å². The van der Waals surface area contributed by atoms with Crippen molar-refractivity contribution in [2.75, 3.05) is 0 Å². The molecule has 2 aromatic rings. The molecule has 0 spiro atoms. The van der Waals surface area contributed by atoms with Gasteiger partial charge >= 0.3 is 6.18 Å². The van der Waals surface area contributed by atoms with Gasteiger partial charge < -0.3 is 0 Å². The van der Waals surface area contributed by atoms with Crippen LogP contribution < -0.4 is 0 Å². The summed E-state index contributed by atoms with van der Waals surface area (Å²) in [5, 5.41) is -1.12. The van der Waals surface area contributed by atoms with Gasteiger partial charge in [-0.2, -0.15) is 13.2 Å². The van der Waals surface area contributed by atoms with Gasteiger partial charge in [0, 0.05) is 18.0 Å². The Balaban J connectivity index is 2.33. The van der Waals surface area contributed by atoms with Crippen LogP contribution in [0, 0.1) is 5.82 Å².